The van der Waals surface area contributed by atoms with Crippen molar-refractivity contribution in [2.24, 2.45) is 0 Å². The molecule has 9 heteroatoms. The van der Waals surface area contributed by atoms with Crippen LogP contribution in [-0.4, -0.2) is 54.2 Å². The standard InChI is InChI=1S/C12H23BN2O5Si/c1-5-20-12(16)10-8-11(13(17)18)14-15(10)9-19-6-7-21(2,3)4/h8,17-18H,5-7,9H2,1-4H3. The van der Waals surface area contributed by atoms with E-state index in [1.54, 1.807) is 6.92 Å². The average molecular weight is 314 g/mol. The second-order valence-corrected chi connectivity index (χ2v) is 11.5. The fraction of sp³-hybridized carbons (Fsp3) is 0.667. The quantitative estimate of drug-likeness (QED) is 0.400. The number of hydrogen-bond acceptors (Lipinski definition) is 6. The second-order valence-electron chi connectivity index (χ2n) is 5.90. The first-order valence-electron chi connectivity index (χ1n) is 6.93. The van der Waals surface area contributed by atoms with Gasteiger partial charge in [0.1, 0.15) is 12.4 Å². The maximum Gasteiger partial charge on any atom is 0.510 e. The lowest BCUT2D eigenvalue weighted by Gasteiger charge is -2.15. The number of nitrogens with zero attached hydrogens (tertiary/aromatic N) is 2. The van der Waals surface area contributed by atoms with E-state index in [2.05, 4.69) is 24.7 Å². The molecule has 0 aliphatic rings. The molecule has 7 nitrogen and oxygen atoms in total. The number of esters is 1. The summed E-state index contributed by atoms with van der Waals surface area (Å²) in [6, 6.07) is 2.29. The number of ether oxygens (including phenoxy) is 2. The van der Waals surface area contributed by atoms with Crippen molar-refractivity contribution in [3.8, 4) is 0 Å². The highest BCUT2D eigenvalue weighted by molar-refractivity contribution is 6.76. The van der Waals surface area contributed by atoms with Gasteiger partial charge in [-0.1, -0.05) is 19.6 Å². The maximum absolute atomic E-state index is 11.8. The van der Waals surface area contributed by atoms with Gasteiger partial charge in [-0.3, -0.25) is 0 Å². The average Bonchev–Trinajstić information content (AvgIpc) is 2.78. The predicted molar refractivity (Wildman–Crippen MR) is 82.1 cm³/mol. The van der Waals surface area contributed by atoms with Crippen LogP contribution >= 0.6 is 0 Å². The van der Waals surface area contributed by atoms with Gasteiger partial charge in [0.2, 0.25) is 0 Å². The van der Waals surface area contributed by atoms with Crippen LogP contribution in [0.25, 0.3) is 0 Å². The molecular weight excluding hydrogens is 291 g/mol. The van der Waals surface area contributed by atoms with Gasteiger partial charge in [0.25, 0.3) is 0 Å². The highest BCUT2D eigenvalue weighted by Gasteiger charge is 2.23. The molecule has 0 bridgehead atoms. The molecule has 1 rings (SSSR count). The SMILES string of the molecule is CCOC(=O)c1cc(B(O)O)nn1COCC[Si](C)(C)C. The lowest BCUT2D eigenvalue weighted by atomic mass is 9.86. The summed E-state index contributed by atoms with van der Waals surface area (Å²) in [7, 11) is -2.92. The van der Waals surface area contributed by atoms with E-state index in [4.69, 9.17) is 19.5 Å². The second kappa shape index (κ2) is 7.74. The van der Waals surface area contributed by atoms with E-state index in [9.17, 15) is 4.79 Å². The Labute approximate surface area is 126 Å². The summed E-state index contributed by atoms with van der Waals surface area (Å²) in [5.74, 6) is -0.564. The smallest absolute Gasteiger partial charge is 0.461 e. The molecule has 0 saturated heterocycles. The lowest BCUT2D eigenvalue weighted by molar-refractivity contribution is 0.0455. The predicted octanol–water partition coefficient (Wildman–Crippen LogP) is 0.0519. The third kappa shape index (κ3) is 6.00. The molecule has 21 heavy (non-hydrogen) atoms. The minimum Gasteiger partial charge on any atom is -0.461 e. The fourth-order valence-electron chi connectivity index (χ4n) is 1.56. The number of carbonyl (C=O) groups excluding carboxylic acids is 1. The molecule has 1 aromatic rings. The van der Waals surface area contributed by atoms with Gasteiger partial charge in [-0.15, -0.1) is 0 Å². The topological polar surface area (TPSA) is 93.8 Å². The van der Waals surface area contributed by atoms with Crippen molar-refractivity contribution in [1.82, 2.24) is 9.78 Å². The van der Waals surface area contributed by atoms with Crippen molar-refractivity contribution < 1.29 is 24.3 Å². The zero-order valence-electron chi connectivity index (χ0n) is 13.0. The van der Waals surface area contributed by atoms with Crippen LogP contribution in [0.5, 0.6) is 0 Å². The first-order chi connectivity index (χ1) is 9.74. The van der Waals surface area contributed by atoms with Crippen LogP contribution < -0.4 is 5.59 Å². The van der Waals surface area contributed by atoms with Crippen LogP contribution in [0.1, 0.15) is 17.4 Å². The van der Waals surface area contributed by atoms with Gasteiger partial charge in [0.05, 0.1) is 12.2 Å². The third-order valence-electron chi connectivity index (χ3n) is 2.76. The number of hydrogen-bond donors (Lipinski definition) is 2. The Kier molecular flexibility index (Phi) is 6.59. The normalized spacial score (nSPS) is 11.5. The van der Waals surface area contributed by atoms with E-state index in [1.807, 2.05) is 0 Å². The van der Waals surface area contributed by atoms with Crippen molar-refractivity contribution in [1.29, 1.82) is 0 Å². The van der Waals surface area contributed by atoms with E-state index in [0.717, 1.165) is 6.04 Å². The molecule has 0 atom stereocenters. The van der Waals surface area contributed by atoms with Gasteiger partial charge in [0.15, 0.2) is 0 Å². The van der Waals surface area contributed by atoms with E-state index in [0.29, 0.717) is 6.61 Å². The Hall–Kier alpha value is -1.16. The van der Waals surface area contributed by atoms with Crippen molar-refractivity contribution in [3.05, 3.63) is 11.8 Å². The number of carbonyl (C=O) groups is 1. The zero-order valence-corrected chi connectivity index (χ0v) is 14.0. The molecule has 0 fully saturated rings. The summed E-state index contributed by atoms with van der Waals surface area (Å²) in [5.41, 5.74) is 0.139. The largest absolute Gasteiger partial charge is 0.510 e. The summed E-state index contributed by atoms with van der Waals surface area (Å²) in [6.07, 6.45) is 0. The molecule has 0 amide bonds. The molecule has 0 unspecified atom stereocenters. The van der Waals surface area contributed by atoms with Gasteiger partial charge in [0, 0.05) is 14.7 Å². The summed E-state index contributed by atoms with van der Waals surface area (Å²) >= 11 is 0. The maximum atomic E-state index is 11.8. The summed E-state index contributed by atoms with van der Waals surface area (Å²) in [6.45, 7) is 9.32. The Morgan fingerprint density at radius 3 is 2.62 bits per heavy atom. The van der Waals surface area contributed by atoms with Crippen LogP contribution in [0.2, 0.25) is 25.7 Å². The van der Waals surface area contributed by atoms with E-state index in [-0.39, 0.29) is 24.6 Å². The first kappa shape index (κ1) is 17.9. The Bertz CT molecular complexity index is 473. The summed E-state index contributed by atoms with van der Waals surface area (Å²) < 4.78 is 11.7. The van der Waals surface area contributed by atoms with E-state index in [1.165, 1.54) is 10.7 Å². The first-order valence-corrected chi connectivity index (χ1v) is 10.6. The molecule has 118 valence electrons. The van der Waals surface area contributed by atoms with Crippen LogP contribution in [-0.2, 0) is 16.2 Å². The Morgan fingerprint density at radius 2 is 2.10 bits per heavy atom. The molecule has 0 saturated carbocycles. The fourth-order valence-corrected chi connectivity index (χ4v) is 2.32. The zero-order chi connectivity index (χ0) is 16.0. The van der Waals surface area contributed by atoms with Gasteiger partial charge in [-0.2, -0.15) is 5.10 Å². The van der Waals surface area contributed by atoms with Crippen LogP contribution in [0.4, 0.5) is 0 Å². The van der Waals surface area contributed by atoms with Gasteiger partial charge < -0.3 is 19.5 Å². The monoisotopic (exact) mass is 314 g/mol. The van der Waals surface area contributed by atoms with Crippen molar-refractivity contribution in [2.75, 3.05) is 13.2 Å². The Morgan fingerprint density at radius 1 is 1.43 bits per heavy atom. The van der Waals surface area contributed by atoms with Gasteiger partial charge in [-0.05, 0) is 19.0 Å². The van der Waals surface area contributed by atoms with Gasteiger partial charge >= 0.3 is 13.1 Å². The minimum atomic E-state index is -1.73. The van der Waals surface area contributed by atoms with Crippen LogP contribution in [0, 0.1) is 0 Å². The molecule has 0 radical (unpaired) electrons. The Balaban J connectivity index is 2.72. The molecule has 0 spiro atoms. The lowest BCUT2D eigenvalue weighted by Crippen LogP contribution is -2.31. The highest BCUT2D eigenvalue weighted by atomic mass is 28.3. The summed E-state index contributed by atoms with van der Waals surface area (Å²) in [4.78, 5) is 11.8. The van der Waals surface area contributed by atoms with Crippen molar-refractivity contribution >= 4 is 26.8 Å². The van der Waals surface area contributed by atoms with Crippen LogP contribution in [0.3, 0.4) is 0 Å². The van der Waals surface area contributed by atoms with Crippen molar-refractivity contribution in [2.45, 2.75) is 39.3 Å². The molecule has 1 aromatic heterocycles. The van der Waals surface area contributed by atoms with Crippen LogP contribution in [0.15, 0.2) is 6.07 Å². The molecule has 1 heterocycles. The van der Waals surface area contributed by atoms with Gasteiger partial charge in [-0.25, -0.2) is 9.48 Å². The summed E-state index contributed by atoms with van der Waals surface area (Å²) in [5, 5.41) is 22.2. The van der Waals surface area contributed by atoms with E-state index >= 15 is 0 Å². The highest BCUT2D eigenvalue weighted by Crippen LogP contribution is 2.08. The molecule has 0 aliphatic carbocycles. The van der Waals surface area contributed by atoms with Crippen molar-refractivity contribution in [3.63, 3.8) is 0 Å². The third-order valence-corrected chi connectivity index (χ3v) is 4.46. The van der Waals surface area contributed by atoms with E-state index < -0.39 is 21.2 Å². The molecule has 0 aliphatic heterocycles. The molecule has 2 N–H and O–H groups in total. The molecule has 0 aromatic carbocycles. The minimum absolute atomic E-state index is 0.00755. The number of rotatable bonds is 8. The number of aromatic nitrogens is 2. The molecular formula is C12H23BN2O5Si.